The van der Waals surface area contributed by atoms with Crippen molar-refractivity contribution in [1.29, 1.82) is 0 Å². The van der Waals surface area contributed by atoms with E-state index in [-0.39, 0.29) is 5.91 Å². The second-order valence-corrected chi connectivity index (χ2v) is 5.96. The van der Waals surface area contributed by atoms with Gasteiger partial charge in [0.1, 0.15) is 0 Å². The molecule has 4 heteroatoms. The molecule has 0 spiro atoms. The number of aryl methyl sites for hydroxylation is 1. The van der Waals surface area contributed by atoms with E-state index in [1.807, 2.05) is 18.2 Å². The molecule has 3 rings (SSSR count). The predicted octanol–water partition coefficient (Wildman–Crippen LogP) is 2.08. The number of fused-ring (bicyclic) bond motifs is 1. The van der Waals surface area contributed by atoms with Crippen LogP contribution in [0.5, 0.6) is 0 Å². The number of anilines is 2. The Kier molecular flexibility index (Phi) is 3.81. The predicted molar refractivity (Wildman–Crippen MR) is 81.8 cm³/mol. The van der Waals surface area contributed by atoms with Crippen molar-refractivity contribution in [3.8, 4) is 0 Å². The van der Waals surface area contributed by atoms with Gasteiger partial charge in [0.25, 0.3) is 0 Å². The number of hydrogen-bond acceptors (Lipinski definition) is 3. The number of nitrogens with zero attached hydrogens (tertiary/aromatic N) is 1. The Morgan fingerprint density at radius 1 is 1.30 bits per heavy atom. The second kappa shape index (κ2) is 5.73. The largest absolute Gasteiger partial charge is 0.399 e. The van der Waals surface area contributed by atoms with Crippen LogP contribution < -0.4 is 16.0 Å². The van der Waals surface area contributed by atoms with Crippen molar-refractivity contribution >= 4 is 17.3 Å². The number of benzene rings is 1. The molecule has 1 aliphatic carbocycles. The van der Waals surface area contributed by atoms with Crippen LogP contribution in [0.3, 0.4) is 0 Å². The highest BCUT2D eigenvalue weighted by Gasteiger charge is 2.22. The average Bonchev–Trinajstić information content (AvgIpc) is 2.91. The van der Waals surface area contributed by atoms with Gasteiger partial charge in [-0.15, -0.1) is 0 Å². The molecule has 0 aromatic heterocycles. The fourth-order valence-corrected chi connectivity index (χ4v) is 3.38. The highest BCUT2D eigenvalue weighted by atomic mass is 16.2. The van der Waals surface area contributed by atoms with Gasteiger partial charge < -0.3 is 16.0 Å². The van der Waals surface area contributed by atoms with E-state index >= 15 is 0 Å². The highest BCUT2D eigenvalue weighted by molar-refractivity contribution is 5.82. The van der Waals surface area contributed by atoms with E-state index in [9.17, 15) is 4.79 Å². The molecule has 4 nitrogen and oxygen atoms in total. The molecule has 0 atom stereocenters. The Labute approximate surface area is 120 Å². The summed E-state index contributed by atoms with van der Waals surface area (Å²) >= 11 is 0. The number of carbonyl (C=O) groups excluding carboxylic acids is 1. The van der Waals surface area contributed by atoms with Crippen molar-refractivity contribution < 1.29 is 4.79 Å². The first-order valence-electron chi connectivity index (χ1n) is 7.65. The van der Waals surface area contributed by atoms with Crippen LogP contribution in [0.1, 0.15) is 37.7 Å². The van der Waals surface area contributed by atoms with Crippen molar-refractivity contribution in [3.05, 3.63) is 23.8 Å². The third kappa shape index (κ3) is 2.89. The molecule has 0 saturated heterocycles. The maximum Gasteiger partial charge on any atom is 0.239 e. The van der Waals surface area contributed by atoms with Gasteiger partial charge in [-0.2, -0.15) is 0 Å². The number of amides is 1. The van der Waals surface area contributed by atoms with Crippen LogP contribution in [-0.2, 0) is 11.2 Å². The maximum absolute atomic E-state index is 12.2. The molecule has 1 amide bonds. The Morgan fingerprint density at radius 3 is 2.90 bits per heavy atom. The van der Waals surface area contributed by atoms with Crippen molar-refractivity contribution in [2.75, 3.05) is 23.7 Å². The zero-order valence-electron chi connectivity index (χ0n) is 11.9. The summed E-state index contributed by atoms with van der Waals surface area (Å²) in [5, 5.41) is 3.16. The highest BCUT2D eigenvalue weighted by Crippen LogP contribution is 2.28. The molecule has 3 N–H and O–H groups in total. The topological polar surface area (TPSA) is 58.4 Å². The van der Waals surface area contributed by atoms with Gasteiger partial charge in [0.2, 0.25) is 5.91 Å². The fourth-order valence-electron chi connectivity index (χ4n) is 3.38. The average molecular weight is 273 g/mol. The van der Waals surface area contributed by atoms with Crippen LogP contribution in [0.25, 0.3) is 0 Å². The lowest BCUT2D eigenvalue weighted by Gasteiger charge is -2.31. The molecule has 0 bridgehead atoms. The van der Waals surface area contributed by atoms with Gasteiger partial charge in [-0.1, -0.05) is 12.8 Å². The molecular formula is C16H23N3O. The first kappa shape index (κ1) is 13.3. The van der Waals surface area contributed by atoms with E-state index in [0.717, 1.165) is 37.9 Å². The lowest BCUT2D eigenvalue weighted by Crippen LogP contribution is -2.42. The Morgan fingerprint density at radius 2 is 2.10 bits per heavy atom. The Hall–Kier alpha value is -1.71. The summed E-state index contributed by atoms with van der Waals surface area (Å²) in [6, 6.07) is 6.41. The lowest BCUT2D eigenvalue weighted by molar-refractivity contribution is -0.120. The summed E-state index contributed by atoms with van der Waals surface area (Å²) in [7, 11) is 0. The lowest BCUT2D eigenvalue weighted by atomic mass is 10.0. The maximum atomic E-state index is 12.2. The zero-order valence-corrected chi connectivity index (χ0v) is 11.9. The molecule has 108 valence electrons. The van der Waals surface area contributed by atoms with Crippen LogP contribution in [0.15, 0.2) is 18.2 Å². The standard InChI is InChI=1S/C16H23N3O/c17-13-7-8-15-12(10-13)4-3-9-19(15)11-16(20)18-14-5-1-2-6-14/h7-8,10,14H,1-6,9,11,17H2,(H,18,20). The summed E-state index contributed by atoms with van der Waals surface area (Å²) < 4.78 is 0. The molecule has 0 radical (unpaired) electrons. The second-order valence-electron chi connectivity index (χ2n) is 5.96. The molecule has 1 saturated carbocycles. The third-order valence-electron chi connectivity index (χ3n) is 4.37. The third-order valence-corrected chi connectivity index (χ3v) is 4.37. The van der Waals surface area contributed by atoms with E-state index in [1.165, 1.54) is 24.1 Å². The molecule has 1 aliphatic heterocycles. The van der Waals surface area contributed by atoms with Crippen molar-refractivity contribution in [2.24, 2.45) is 0 Å². The molecule has 1 heterocycles. The summed E-state index contributed by atoms with van der Waals surface area (Å²) in [4.78, 5) is 14.3. The van der Waals surface area contributed by atoms with E-state index in [4.69, 9.17) is 5.73 Å². The number of carbonyl (C=O) groups is 1. The van der Waals surface area contributed by atoms with Gasteiger partial charge in [0.15, 0.2) is 0 Å². The van der Waals surface area contributed by atoms with Gasteiger partial charge >= 0.3 is 0 Å². The van der Waals surface area contributed by atoms with E-state index < -0.39 is 0 Å². The summed E-state index contributed by atoms with van der Waals surface area (Å²) in [6.07, 6.45) is 6.92. The Bertz CT molecular complexity index is 494. The summed E-state index contributed by atoms with van der Waals surface area (Å²) in [5.74, 6) is 0.154. The molecule has 1 aromatic rings. The van der Waals surface area contributed by atoms with E-state index in [2.05, 4.69) is 10.2 Å². The molecule has 20 heavy (non-hydrogen) atoms. The zero-order chi connectivity index (χ0) is 13.9. The minimum absolute atomic E-state index is 0.154. The number of nitrogen functional groups attached to an aromatic ring is 1. The monoisotopic (exact) mass is 273 g/mol. The van der Waals surface area contributed by atoms with E-state index in [1.54, 1.807) is 0 Å². The van der Waals surface area contributed by atoms with Crippen LogP contribution in [0.2, 0.25) is 0 Å². The summed E-state index contributed by atoms with van der Waals surface area (Å²) in [5.41, 5.74) is 9.09. The number of nitrogens with two attached hydrogens (primary N) is 1. The SMILES string of the molecule is Nc1ccc2c(c1)CCCN2CC(=O)NC1CCCC1. The molecular weight excluding hydrogens is 250 g/mol. The molecule has 1 aromatic carbocycles. The van der Waals surface area contributed by atoms with Gasteiger partial charge in [-0.05, 0) is 49.4 Å². The number of hydrogen-bond donors (Lipinski definition) is 2. The van der Waals surface area contributed by atoms with Crippen LogP contribution in [0.4, 0.5) is 11.4 Å². The molecule has 2 aliphatic rings. The normalized spacial score (nSPS) is 18.9. The fraction of sp³-hybridized carbons (Fsp3) is 0.562. The van der Waals surface area contributed by atoms with Crippen LogP contribution >= 0.6 is 0 Å². The van der Waals surface area contributed by atoms with Crippen molar-refractivity contribution in [3.63, 3.8) is 0 Å². The first-order chi connectivity index (χ1) is 9.72. The van der Waals surface area contributed by atoms with Crippen LogP contribution in [-0.4, -0.2) is 25.0 Å². The molecule has 1 fully saturated rings. The summed E-state index contributed by atoms with van der Waals surface area (Å²) in [6.45, 7) is 1.42. The molecule has 0 unspecified atom stereocenters. The van der Waals surface area contributed by atoms with E-state index in [0.29, 0.717) is 12.6 Å². The Balaban J connectivity index is 1.65. The number of rotatable bonds is 3. The van der Waals surface area contributed by atoms with Gasteiger partial charge in [0, 0.05) is 24.0 Å². The number of nitrogens with one attached hydrogen (secondary N) is 1. The van der Waals surface area contributed by atoms with Crippen molar-refractivity contribution in [1.82, 2.24) is 5.32 Å². The minimum Gasteiger partial charge on any atom is -0.399 e. The van der Waals surface area contributed by atoms with Gasteiger partial charge in [-0.25, -0.2) is 0 Å². The van der Waals surface area contributed by atoms with Gasteiger partial charge in [0.05, 0.1) is 6.54 Å². The van der Waals surface area contributed by atoms with Crippen LogP contribution in [0, 0.1) is 0 Å². The first-order valence-corrected chi connectivity index (χ1v) is 7.65. The van der Waals surface area contributed by atoms with Crippen molar-refractivity contribution in [2.45, 2.75) is 44.6 Å². The minimum atomic E-state index is 0.154. The quantitative estimate of drug-likeness (QED) is 0.829. The van der Waals surface area contributed by atoms with Gasteiger partial charge in [-0.3, -0.25) is 4.79 Å². The smallest absolute Gasteiger partial charge is 0.239 e.